The number of fused-ring (bicyclic) bond motifs is 2. The number of piperidine rings is 1. The lowest BCUT2D eigenvalue weighted by molar-refractivity contribution is -0.124. The van der Waals surface area contributed by atoms with Gasteiger partial charge in [-0.2, -0.15) is 0 Å². The Balaban J connectivity index is 1.46. The molecule has 2 fully saturated rings. The van der Waals surface area contributed by atoms with Gasteiger partial charge in [0.15, 0.2) is 6.61 Å². The van der Waals surface area contributed by atoms with E-state index in [0.29, 0.717) is 37.2 Å². The van der Waals surface area contributed by atoms with Crippen molar-refractivity contribution in [3.05, 3.63) is 29.6 Å². The van der Waals surface area contributed by atoms with Gasteiger partial charge in [0.25, 0.3) is 0 Å². The second-order valence-corrected chi connectivity index (χ2v) is 10.1. The summed E-state index contributed by atoms with van der Waals surface area (Å²) in [5.41, 5.74) is 0.200. The van der Waals surface area contributed by atoms with Crippen LogP contribution in [0, 0.1) is 17.7 Å². The van der Waals surface area contributed by atoms with E-state index in [1.165, 1.54) is 28.0 Å². The topological polar surface area (TPSA) is 82.2 Å². The van der Waals surface area contributed by atoms with Crippen molar-refractivity contribution < 1.29 is 23.5 Å². The van der Waals surface area contributed by atoms with Crippen molar-refractivity contribution in [2.24, 2.45) is 0 Å². The first kappa shape index (κ1) is 26.0. The Kier molecular flexibility index (Phi) is 7.84. The van der Waals surface area contributed by atoms with Gasteiger partial charge >= 0.3 is 12.1 Å². The summed E-state index contributed by atoms with van der Waals surface area (Å²) in [7, 11) is 3.21. The highest BCUT2D eigenvalue weighted by atomic mass is 19.1. The van der Waals surface area contributed by atoms with Crippen LogP contribution in [0.25, 0.3) is 0 Å². The molecule has 9 heteroatoms. The third-order valence-electron chi connectivity index (χ3n) is 7.74. The van der Waals surface area contributed by atoms with Gasteiger partial charge in [0, 0.05) is 26.2 Å². The molecule has 1 saturated heterocycles. The number of alkyl carbamates (subject to hydrolysis) is 1. The molecule has 1 spiro atoms. The molecule has 0 bridgehead atoms. The molecule has 2 heterocycles. The van der Waals surface area contributed by atoms with Crippen LogP contribution in [0.5, 0.6) is 0 Å². The molecule has 1 aliphatic carbocycles. The number of ether oxygens (including phenoxy) is 1. The molecule has 2 unspecified atom stereocenters. The molecule has 3 aliphatic rings. The minimum absolute atomic E-state index is 0.0200. The maximum atomic E-state index is 14.3. The molecule has 4 rings (SSSR count). The lowest BCUT2D eigenvalue weighted by Gasteiger charge is -2.42. The Hall–Kier alpha value is -3.12. The molecule has 0 aromatic heterocycles. The SMILES string of the molecule is CC#CCOC(=O)NC1CCCCC(N2CCC3(CC2)C(=O)N(C(=O)N(C)C)c2ccc(F)cc23)C1. The summed E-state index contributed by atoms with van der Waals surface area (Å²) >= 11 is 0. The average Bonchev–Trinajstić information content (AvgIpc) is 2.99. The molecular weight excluding hydrogens is 463 g/mol. The number of hydrogen-bond acceptors (Lipinski definition) is 5. The van der Waals surface area contributed by atoms with Crippen molar-refractivity contribution in [1.82, 2.24) is 15.1 Å². The molecular formula is C27H35FN4O4. The molecule has 194 valence electrons. The highest BCUT2D eigenvalue weighted by Gasteiger charge is 2.54. The van der Waals surface area contributed by atoms with Crippen LogP contribution in [0.3, 0.4) is 0 Å². The smallest absolute Gasteiger partial charge is 0.408 e. The van der Waals surface area contributed by atoms with Gasteiger partial charge < -0.3 is 19.9 Å². The Morgan fingerprint density at radius 1 is 1.22 bits per heavy atom. The second-order valence-electron chi connectivity index (χ2n) is 10.1. The first-order valence-corrected chi connectivity index (χ1v) is 12.7. The van der Waals surface area contributed by atoms with E-state index in [1.54, 1.807) is 21.0 Å². The van der Waals surface area contributed by atoms with Gasteiger partial charge in [-0.05, 0) is 75.9 Å². The zero-order valence-corrected chi connectivity index (χ0v) is 21.3. The predicted octanol–water partition coefficient (Wildman–Crippen LogP) is 3.64. The van der Waals surface area contributed by atoms with E-state index in [-0.39, 0.29) is 24.6 Å². The van der Waals surface area contributed by atoms with Gasteiger partial charge in [-0.25, -0.2) is 18.9 Å². The van der Waals surface area contributed by atoms with Crippen LogP contribution >= 0.6 is 0 Å². The standard InChI is InChI=1S/C27H35FN4O4/c1-4-5-16-36-25(34)29-20-8-6-7-9-21(18-20)31-14-12-27(13-15-31)22-17-19(28)10-11-23(22)32(24(27)33)26(35)30(2)3/h10-11,17,20-21H,6-9,12-16,18H2,1-3H3,(H,29,34). The average molecular weight is 499 g/mol. The van der Waals surface area contributed by atoms with Gasteiger partial charge in [-0.3, -0.25) is 4.79 Å². The van der Waals surface area contributed by atoms with E-state index in [9.17, 15) is 18.8 Å². The highest BCUT2D eigenvalue weighted by molar-refractivity contribution is 6.22. The zero-order valence-electron chi connectivity index (χ0n) is 21.3. The molecule has 1 saturated carbocycles. The highest BCUT2D eigenvalue weighted by Crippen LogP contribution is 2.49. The van der Waals surface area contributed by atoms with Crippen molar-refractivity contribution in [2.45, 2.75) is 69.4 Å². The summed E-state index contributed by atoms with van der Waals surface area (Å²) in [5.74, 6) is 4.76. The number of halogens is 1. The number of nitrogens with one attached hydrogen (secondary N) is 1. The van der Waals surface area contributed by atoms with Crippen LogP contribution in [0.4, 0.5) is 19.7 Å². The number of carbonyl (C=O) groups excluding carboxylic acids is 3. The summed E-state index contributed by atoms with van der Waals surface area (Å²) in [5, 5.41) is 2.99. The maximum absolute atomic E-state index is 14.3. The third-order valence-corrected chi connectivity index (χ3v) is 7.74. The van der Waals surface area contributed by atoms with Crippen molar-refractivity contribution in [1.29, 1.82) is 0 Å². The number of anilines is 1. The van der Waals surface area contributed by atoms with Gasteiger partial charge in [-0.15, -0.1) is 5.92 Å². The summed E-state index contributed by atoms with van der Waals surface area (Å²) in [6, 6.07) is 4.14. The van der Waals surface area contributed by atoms with Crippen LogP contribution in [0.1, 0.15) is 57.4 Å². The number of nitrogens with zero attached hydrogens (tertiary/aromatic N) is 3. The van der Waals surface area contributed by atoms with Crippen molar-refractivity contribution in [3.63, 3.8) is 0 Å². The summed E-state index contributed by atoms with van der Waals surface area (Å²) in [6.45, 7) is 3.11. The van der Waals surface area contributed by atoms with E-state index >= 15 is 0 Å². The van der Waals surface area contributed by atoms with Gasteiger partial charge in [0.1, 0.15) is 5.82 Å². The van der Waals surface area contributed by atoms with Crippen LogP contribution < -0.4 is 10.2 Å². The largest absolute Gasteiger partial charge is 0.436 e. The number of likely N-dealkylation sites (tertiary alicyclic amines) is 1. The minimum atomic E-state index is -0.897. The molecule has 1 aromatic rings. The Labute approximate surface area is 212 Å². The maximum Gasteiger partial charge on any atom is 0.408 e. The monoisotopic (exact) mass is 498 g/mol. The van der Waals surface area contributed by atoms with Gasteiger partial charge in [-0.1, -0.05) is 18.8 Å². The zero-order chi connectivity index (χ0) is 25.9. The number of urea groups is 1. The number of hydrogen-bond donors (Lipinski definition) is 1. The summed E-state index contributed by atoms with van der Waals surface area (Å²) in [4.78, 5) is 43.7. The second kappa shape index (κ2) is 10.9. The first-order chi connectivity index (χ1) is 17.3. The molecule has 1 N–H and O–H groups in total. The van der Waals surface area contributed by atoms with Crippen molar-refractivity contribution in [3.8, 4) is 11.8 Å². The van der Waals surface area contributed by atoms with Crippen LogP contribution in [0.15, 0.2) is 18.2 Å². The molecule has 8 nitrogen and oxygen atoms in total. The van der Waals surface area contributed by atoms with Crippen molar-refractivity contribution in [2.75, 3.05) is 38.7 Å². The van der Waals surface area contributed by atoms with E-state index < -0.39 is 23.4 Å². The lowest BCUT2D eigenvalue weighted by Crippen LogP contribution is -2.53. The number of rotatable bonds is 3. The summed E-state index contributed by atoms with van der Waals surface area (Å²) < 4.78 is 19.4. The third kappa shape index (κ3) is 5.05. The van der Waals surface area contributed by atoms with Crippen LogP contribution in [0.2, 0.25) is 0 Å². The number of benzene rings is 1. The van der Waals surface area contributed by atoms with Gasteiger partial charge in [0.05, 0.1) is 11.1 Å². The molecule has 4 amide bonds. The molecule has 36 heavy (non-hydrogen) atoms. The Bertz CT molecular complexity index is 1070. The van der Waals surface area contributed by atoms with Crippen LogP contribution in [-0.2, 0) is 14.9 Å². The molecule has 2 aliphatic heterocycles. The fraction of sp³-hybridized carbons (Fsp3) is 0.593. The number of carbonyl (C=O) groups is 3. The fourth-order valence-electron chi connectivity index (χ4n) is 5.85. The minimum Gasteiger partial charge on any atom is -0.436 e. The fourth-order valence-corrected chi connectivity index (χ4v) is 5.85. The molecule has 0 radical (unpaired) electrons. The Morgan fingerprint density at radius 3 is 2.64 bits per heavy atom. The lowest BCUT2D eigenvalue weighted by atomic mass is 9.73. The quantitative estimate of drug-likeness (QED) is 0.508. The number of amides is 4. The van der Waals surface area contributed by atoms with E-state index in [2.05, 4.69) is 22.1 Å². The normalized spacial score (nSPS) is 23.3. The summed E-state index contributed by atoms with van der Waals surface area (Å²) in [6.07, 6.45) is 5.42. The Morgan fingerprint density at radius 2 is 1.94 bits per heavy atom. The van der Waals surface area contributed by atoms with E-state index in [0.717, 1.165) is 32.1 Å². The number of imide groups is 1. The molecule has 2 atom stereocenters. The van der Waals surface area contributed by atoms with Gasteiger partial charge in [0.2, 0.25) is 5.91 Å². The first-order valence-electron chi connectivity index (χ1n) is 12.7. The van der Waals surface area contributed by atoms with Crippen LogP contribution in [-0.4, -0.2) is 73.7 Å². The van der Waals surface area contributed by atoms with Crippen molar-refractivity contribution >= 4 is 23.7 Å². The van der Waals surface area contributed by atoms with E-state index in [1.807, 2.05) is 0 Å². The van der Waals surface area contributed by atoms with E-state index in [4.69, 9.17) is 4.74 Å². The molecule has 1 aromatic carbocycles. The predicted molar refractivity (Wildman–Crippen MR) is 134 cm³/mol.